The molecule has 1 aromatic heterocycles. The number of hydrogen-bond donors (Lipinski definition) is 0. The number of cyclic esters (lactones) is 1. The Labute approximate surface area is 123 Å². The van der Waals surface area contributed by atoms with Crippen molar-refractivity contribution in [3.8, 4) is 0 Å². The lowest BCUT2D eigenvalue weighted by Crippen LogP contribution is -1.96. The predicted molar refractivity (Wildman–Crippen MR) is 79.5 cm³/mol. The van der Waals surface area contributed by atoms with Gasteiger partial charge in [0.1, 0.15) is 5.76 Å². The third-order valence-electron chi connectivity index (χ3n) is 2.92. The maximum absolute atomic E-state index is 11.8. The van der Waals surface area contributed by atoms with Gasteiger partial charge in [-0.1, -0.05) is 6.07 Å². The average molecular weight is 299 g/mol. The highest BCUT2D eigenvalue weighted by Crippen LogP contribution is 2.30. The van der Waals surface area contributed by atoms with E-state index in [1.54, 1.807) is 24.3 Å². The Hall–Kier alpha value is -2.73. The maximum atomic E-state index is 11.8. The third-order valence-corrected chi connectivity index (χ3v) is 3.80. The van der Waals surface area contributed by atoms with Crippen LogP contribution in [0.4, 0.5) is 5.69 Å². The number of nitro benzene ring substituents is 1. The molecule has 0 unspecified atom stereocenters. The molecule has 0 fully saturated rings. The molecule has 0 atom stereocenters. The number of nitro groups is 1. The Morgan fingerprint density at radius 3 is 2.57 bits per heavy atom. The van der Waals surface area contributed by atoms with Gasteiger partial charge in [0.05, 0.1) is 15.4 Å². The van der Waals surface area contributed by atoms with Gasteiger partial charge in [0, 0.05) is 12.1 Å². The van der Waals surface area contributed by atoms with Crippen LogP contribution in [0.2, 0.25) is 0 Å². The van der Waals surface area contributed by atoms with Crippen LogP contribution < -0.4 is 0 Å². The minimum Gasteiger partial charge on any atom is -0.421 e. The summed E-state index contributed by atoms with van der Waals surface area (Å²) in [6, 6.07) is 9.74. The largest absolute Gasteiger partial charge is 0.421 e. The van der Waals surface area contributed by atoms with E-state index in [9.17, 15) is 14.9 Å². The second-order valence-electron chi connectivity index (χ2n) is 4.32. The topological polar surface area (TPSA) is 69.4 Å². The molecule has 0 saturated carbocycles. The Kier molecular flexibility index (Phi) is 3.37. The van der Waals surface area contributed by atoms with E-state index in [0.717, 1.165) is 4.88 Å². The summed E-state index contributed by atoms with van der Waals surface area (Å²) in [7, 11) is 0. The first-order valence-corrected chi connectivity index (χ1v) is 6.95. The minimum atomic E-state index is -0.463. The normalized spacial score (nSPS) is 15.9. The fourth-order valence-electron chi connectivity index (χ4n) is 1.90. The lowest BCUT2D eigenvalue weighted by atomic mass is 10.1. The molecule has 1 aromatic carbocycles. The molecule has 0 amide bonds. The lowest BCUT2D eigenvalue weighted by molar-refractivity contribution is -0.384. The number of ether oxygens (including phenoxy) is 1. The number of thiophene rings is 1. The van der Waals surface area contributed by atoms with Gasteiger partial charge >= 0.3 is 5.97 Å². The lowest BCUT2D eigenvalue weighted by Gasteiger charge is -1.96. The molecule has 2 heterocycles. The molecule has 0 spiro atoms. The molecule has 0 saturated heterocycles. The van der Waals surface area contributed by atoms with Gasteiger partial charge in [0.2, 0.25) is 0 Å². The summed E-state index contributed by atoms with van der Waals surface area (Å²) >= 11 is 1.49. The smallest absolute Gasteiger partial charge is 0.343 e. The van der Waals surface area contributed by atoms with Gasteiger partial charge in [0.15, 0.2) is 0 Å². The van der Waals surface area contributed by atoms with Crippen LogP contribution in [0, 0.1) is 10.1 Å². The molecule has 104 valence electrons. The van der Waals surface area contributed by atoms with E-state index in [1.807, 2.05) is 17.5 Å². The van der Waals surface area contributed by atoms with Crippen molar-refractivity contribution in [1.82, 2.24) is 0 Å². The van der Waals surface area contributed by atoms with Crippen molar-refractivity contribution in [2.24, 2.45) is 0 Å². The summed E-state index contributed by atoms with van der Waals surface area (Å²) in [5.41, 5.74) is 1.14. The second kappa shape index (κ2) is 5.34. The van der Waals surface area contributed by atoms with E-state index in [1.165, 1.54) is 23.5 Å². The van der Waals surface area contributed by atoms with E-state index in [0.29, 0.717) is 16.9 Å². The summed E-state index contributed by atoms with van der Waals surface area (Å²) in [4.78, 5) is 22.8. The molecule has 1 aliphatic rings. The van der Waals surface area contributed by atoms with Gasteiger partial charge in [0.25, 0.3) is 5.69 Å². The molecular formula is C15H9NO4S. The van der Waals surface area contributed by atoms with Crippen molar-refractivity contribution in [3.05, 3.63) is 74.0 Å². The first-order chi connectivity index (χ1) is 10.1. The highest BCUT2D eigenvalue weighted by atomic mass is 32.1. The first-order valence-electron chi connectivity index (χ1n) is 6.07. The molecular weight excluding hydrogens is 290 g/mol. The Bertz CT molecular complexity index is 757. The van der Waals surface area contributed by atoms with Gasteiger partial charge in [-0.2, -0.15) is 0 Å². The molecule has 0 N–H and O–H groups in total. The summed E-state index contributed by atoms with van der Waals surface area (Å²) < 4.78 is 5.21. The summed E-state index contributed by atoms with van der Waals surface area (Å²) in [5, 5.41) is 12.5. The molecule has 0 radical (unpaired) electrons. The predicted octanol–water partition coefficient (Wildman–Crippen LogP) is 3.64. The van der Waals surface area contributed by atoms with Gasteiger partial charge in [-0.15, -0.1) is 11.3 Å². The van der Waals surface area contributed by atoms with Crippen molar-refractivity contribution < 1.29 is 14.5 Å². The molecule has 6 heteroatoms. The van der Waals surface area contributed by atoms with E-state index in [-0.39, 0.29) is 5.69 Å². The maximum Gasteiger partial charge on any atom is 0.343 e. The number of non-ortho nitro benzene ring substituents is 1. The second-order valence-corrected chi connectivity index (χ2v) is 5.27. The summed E-state index contributed by atoms with van der Waals surface area (Å²) in [5.74, 6) is 0.111. The van der Waals surface area contributed by atoms with Crippen molar-refractivity contribution in [2.45, 2.75) is 0 Å². The number of esters is 1. The monoisotopic (exact) mass is 299 g/mol. The van der Waals surface area contributed by atoms with Crippen molar-refractivity contribution >= 4 is 34.8 Å². The Balaban J connectivity index is 1.89. The highest BCUT2D eigenvalue weighted by Gasteiger charge is 2.22. The number of carbonyl (C=O) groups is 1. The highest BCUT2D eigenvalue weighted by molar-refractivity contribution is 7.11. The van der Waals surface area contributed by atoms with E-state index in [2.05, 4.69) is 0 Å². The van der Waals surface area contributed by atoms with Crippen molar-refractivity contribution in [2.75, 3.05) is 0 Å². The number of hydrogen-bond acceptors (Lipinski definition) is 5. The van der Waals surface area contributed by atoms with Gasteiger partial charge < -0.3 is 4.74 Å². The van der Waals surface area contributed by atoms with Crippen LogP contribution in [0.5, 0.6) is 0 Å². The van der Waals surface area contributed by atoms with Crippen LogP contribution in [0.15, 0.2) is 53.4 Å². The number of carbonyl (C=O) groups excluding carboxylic acids is 1. The summed E-state index contributed by atoms with van der Waals surface area (Å²) in [6.07, 6.45) is 3.32. The van der Waals surface area contributed by atoms with E-state index in [4.69, 9.17) is 4.74 Å². The molecule has 2 aromatic rings. The van der Waals surface area contributed by atoms with Gasteiger partial charge in [-0.25, -0.2) is 4.79 Å². The van der Waals surface area contributed by atoms with Crippen molar-refractivity contribution in [1.29, 1.82) is 0 Å². The first kappa shape index (κ1) is 13.3. The molecule has 21 heavy (non-hydrogen) atoms. The molecule has 5 nitrogen and oxygen atoms in total. The van der Waals surface area contributed by atoms with Crippen molar-refractivity contribution in [3.63, 3.8) is 0 Å². The fraction of sp³-hybridized carbons (Fsp3) is 0. The Morgan fingerprint density at radius 2 is 1.95 bits per heavy atom. The van der Waals surface area contributed by atoms with Crippen LogP contribution in [0.25, 0.3) is 11.8 Å². The zero-order valence-corrected chi connectivity index (χ0v) is 11.5. The van der Waals surface area contributed by atoms with Crippen LogP contribution >= 0.6 is 11.3 Å². The quantitative estimate of drug-likeness (QED) is 0.375. The van der Waals surface area contributed by atoms with Crippen LogP contribution in [-0.2, 0) is 9.53 Å². The van der Waals surface area contributed by atoms with Gasteiger partial charge in [-0.3, -0.25) is 10.1 Å². The minimum absolute atomic E-state index is 0.0148. The third kappa shape index (κ3) is 2.75. The SMILES string of the molecule is O=C1OC(c2cccs2)=C/C1=C\c1ccc([N+](=O)[O-])cc1. The number of nitrogens with zero attached hydrogens (tertiary/aromatic N) is 1. The van der Waals surface area contributed by atoms with E-state index < -0.39 is 10.9 Å². The van der Waals surface area contributed by atoms with Gasteiger partial charge in [-0.05, 0) is 41.3 Å². The van der Waals surface area contributed by atoms with Crippen LogP contribution in [-0.4, -0.2) is 10.9 Å². The van der Waals surface area contributed by atoms with Crippen LogP contribution in [0.3, 0.4) is 0 Å². The van der Waals surface area contributed by atoms with E-state index >= 15 is 0 Å². The number of rotatable bonds is 3. The van der Waals surface area contributed by atoms with Crippen LogP contribution in [0.1, 0.15) is 10.4 Å². The fourth-order valence-corrected chi connectivity index (χ4v) is 2.58. The summed E-state index contributed by atoms with van der Waals surface area (Å²) in [6.45, 7) is 0. The standard InChI is InChI=1S/C15H9NO4S/c17-15-11(9-13(20-15)14-2-1-7-21-14)8-10-3-5-12(6-4-10)16(18)19/h1-9H/b11-8+. The number of benzene rings is 1. The molecule has 0 bridgehead atoms. The molecule has 1 aliphatic heterocycles. The average Bonchev–Trinajstić information content (AvgIpc) is 3.10. The zero-order valence-electron chi connectivity index (χ0n) is 10.7. The molecule has 0 aliphatic carbocycles. The Morgan fingerprint density at radius 1 is 1.19 bits per heavy atom. The molecule has 3 rings (SSSR count). The zero-order chi connectivity index (χ0) is 14.8.